The van der Waals surface area contributed by atoms with Gasteiger partial charge in [-0.3, -0.25) is 4.79 Å². The zero-order valence-electron chi connectivity index (χ0n) is 21.9. The van der Waals surface area contributed by atoms with Gasteiger partial charge in [0.15, 0.2) is 0 Å². The van der Waals surface area contributed by atoms with Gasteiger partial charge in [-0.25, -0.2) is 0 Å². The van der Waals surface area contributed by atoms with E-state index in [2.05, 4.69) is 53.7 Å². The van der Waals surface area contributed by atoms with Gasteiger partial charge in [-0.15, -0.1) is 0 Å². The van der Waals surface area contributed by atoms with E-state index in [9.17, 15) is 9.90 Å². The predicted molar refractivity (Wildman–Crippen MR) is 131 cm³/mol. The lowest BCUT2D eigenvalue weighted by molar-refractivity contribution is -0.234. The summed E-state index contributed by atoms with van der Waals surface area (Å²) in [4.78, 5) is 13.0. The van der Waals surface area contributed by atoms with Crippen LogP contribution in [0.1, 0.15) is 99.3 Å². The highest BCUT2D eigenvalue weighted by Gasteiger charge is 2.77. The number of hydrogen-bond acceptors (Lipinski definition) is 3. The van der Waals surface area contributed by atoms with Gasteiger partial charge >= 0.3 is 0 Å². The summed E-state index contributed by atoms with van der Waals surface area (Å²) in [5, 5.41) is 10.4. The van der Waals surface area contributed by atoms with Crippen molar-refractivity contribution in [1.82, 2.24) is 0 Å². The van der Waals surface area contributed by atoms with E-state index >= 15 is 0 Å². The van der Waals surface area contributed by atoms with Gasteiger partial charge in [0.05, 0.1) is 24.2 Å². The van der Waals surface area contributed by atoms with Crippen LogP contribution >= 0.6 is 0 Å². The molecule has 3 nitrogen and oxygen atoms in total. The molecule has 1 heterocycles. The van der Waals surface area contributed by atoms with Gasteiger partial charge in [-0.05, 0) is 84.9 Å². The van der Waals surface area contributed by atoms with E-state index in [-0.39, 0.29) is 40.2 Å². The maximum atomic E-state index is 13.0. The highest BCUT2D eigenvalue weighted by atomic mass is 16.5. The van der Waals surface area contributed by atoms with Gasteiger partial charge < -0.3 is 9.84 Å². The van der Waals surface area contributed by atoms with Crippen LogP contribution in [0.3, 0.4) is 0 Å². The van der Waals surface area contributed by atoms with Crippen LogP contribution in [0.25, 0.3) is 0 Å². The molecular formula is C30H46O3. The molecule has 9 unspecified atom stereocenters. The second-order valence-electron chi connectivity index (χ2n) is 15.0. The van der Waals surface area contributed by atoms with Gasteiger partial charge in [-0.1, -0.05) is 53.7 Å². The first-order chi connectivity index (χ1) is 15.3. The summed E-state index contributed by atoms with van der Waals surface area (Å²) in [6.07, 6.45) is 15.4. The Morgan fingerprint density at radius 1 is 0.970 bits per heavy atom. The number of hydrogen-bond donors (Lipinski definition) is 1. The summed E-state index contributed by atoms with van der Waals surface area (Å²) >= 11 is 0. The average molecular weight is 455 g/mol. The number of Topliss-reactive ketones (excluding diaryl/α,β-unsaturated/α-hetero) is 1. The minimum atomic E-state index is -0.586. The van der Waals surface area contributed by atoms with Crippen LogP contribution in [-0.4, -0.2) is 29.7 Å². The molecule has 1 aliphatic heterocycles. The molecular weight excluding hydrogens is 408 g/mol. The summed E-state index contributed by atoms with van der Waals surface area (Å²) in [6, 6.07) is 0. The molecule has 0 aromatic rings. The van der Waals surface area contributed by atoms with E-state index < -0.39 is 5.41 Å². The Kier molecular flexibility index (Phi) is 4.39. The van der Waals surface area contributed by atoms with Crippen molar-refractivity contribution in [3.8, 4) is 0 Å². The summed E-state index contributed by atoms with van der Waals surface area (Å²) in [7, 11) is 0. The van der Waals surface area contributed by atoms with E-state index in [4.69, 9.17) is 4.74 Å². The fourth-order valence-corrected chi connectivity index (χ4v) is 11.1. The summed E-state index contributed by atoms with van der Waals surface area (Å²) in [5.41, 5.74) is 0.383. The molecule has 1 spiro atoms. The number of ketones is 1. The van der Waals surface area contributed by atoms with Crippen LogP contribution in [0.5, 0.6) is 0 Å². The number of aliphatic hydroxyl groups excluding tert-OH is 1. The molecule has 0 aromatic heterocycles. The molecule has 1 N–H and O–H groups in total. The second kappa shape index (κ2) is 6.36. The Hall–Kier alpha value is -0.670. The number of fused-ring (bicyclic) bond motifs is 4. The Labute approximate surface area is 201 Å². The second-order valence-corrected chi connectivity index (χ2v) is 15.0. The van der Waals surface area contributed by atoms with Crippen molar-refractivity contribution in [3.63, 3.8) is 0 Å². The molecule has 33 heavy (non-hydrogen) atoms. The van der Waals surface area contributed by atoms with E-state index in [0.717, 1.165) is 25.9 Å². The fourth-order valence-electron chi connectivity index (χ4n) is 11.1. The normalized spacial score (nSPS) is 58.8. The number of aliphatic hydroxyl groups is 1. The molecule has 6 rings (SSSR count). The first-order valence-electron chi connectivity index (χ1n) is 13.8. The SMILES string of the molecule is CC1(C)CCC23CCC4(C)C5(C)CCC6C(C)(CO)C(=O)CCC6(C)C5C=CC4(OC2)C3C1. The van der Waals surface area contributed by atoms with E-state index in [1.165, 1.54) is 32.1 Å². The molecule has 9 atom stereocenters. The number of carbonyl (C=O) groups is 1. The fraction of sp³-hybridized carbons (Fsp3) is 0.900. The predicted octanol–water partition coefficient (Wildman–Crippen LogP) is 6.34. The summed E-state index contributed by atoms with van der Waals surface area (Å²) in [5.74, 6) is 1.61. The van der Waals surface area contributed by atoms with Gasteiger partial charge in [0, 0.05) is 17.8 Å². The van der Waals surface area contributed by atoms with Crippen molar-refractivity contribution in [2.75, 3.05) is 13.2 Å². The number of rotatable bonds is 1. The van der Waals surface area contributed by atoms with Gasteiger partial charge in [0.1, 0.15) is 5.78 Å². The van der Waals surface area contributed by atoms with Crippen LogP contribution in [0.4, 0.5) is 0 Å². The van der Waals surface area contributed by atoms with Crippen molar-refractivity contribution in [2.24, 2.45) is 50.2 Å². The Morgan fingerprint density at radius 3 is 2.42 bits per heavy atom. The minimum absolute atomic E-state index is 0.0107. The lowest BCUT2D eigenvalue weighted by Gasteiger charge is -2.72. The first kappa shape index (κ1) is 22.8. The van der Waals surface area contributed by atoms with Crippen molar-refractivity contribution in [3.05, 3.63) is 12.2 Å². The van der Waals surface area contributed by atoms with Crippen molar-refractivity contribution >= 4 is 5.78 Å². The minimum Gasteiger partial charge on any atom is -0.395 e. The van der Waals surface area contributed by atoms with Crippen LogP contribution in [-0.2, 0) is 9.53 Å². The maximum absolute atomic E-state index is 13.0. The van der Waals surface area contributed by atoms with Crippen LogP contribution < -0.4 is 0 Å². The standard InChI is InChI=1S/C30H46O3/c1-24(2)13-15-29-16-14-28(6)27(5)11-7-20-25(3,10-9-23(32)26(20,4)18-31)21(27)8-12-30(28,33-19-29)22(29)17-24/h8,12,20-22,31H,7,9-11,13-19H2,1-6H3. The Morgan fingerprint density at radius 2 is 1.70 bits per heavy atom. The van der Waals surface area contributed by atoms with Gasteiger partial charge in [0.25, 0.3) is 0 Å². The molecule has 0 amide bonds. The molecule has 1 saturated heterocycles. The molecule has 0 radical (unpaired) electrons. The van der Waals surface area contributed by atoms with Crippen molar-refractivity contribution in [2.45, 2.75) is 105 Å². The highest BCUT2D eigenvalue weighted by molar-refractivity contribution is 5.86. The van der Waals surface area contributed by atoms with Crippen molar-refractivity contribution in [1.29, 1.82) is 0 Å². The summed E-state index contributed by atoms with van der Waals surface area (Å²) in [6.45, 7) is 15.6. The van der Waals surface area contributed by atoms with Gasteiger partial charge in [0.2, 0.25) is 0 Å². The third kappa shape index (κ3) is 2.38. The molecule has 0 aromatic carbocycles. The topological polar surface area (TPSA) is 46.5 Å². The third-order valence-electron chi connectivity index (χ3n) is 13.5. The Balaban J connectivity index is 1.48. The van der Waals surface area contributed by atoms with E-state index in [1.54, 1.807) is 0 Å². The number of allylic oxidation sites excluding steroid dienone is 1. The van der Waals surface area contributed by atoms with E-state index in [0.29, 0.717) is 29.1 Å². The highest BCUT2D eigenvalue weighted by Crippen LogP contribution is 2.78. The molecule has 3 heteroatoms. The molecule has 4 saturated carbocycles. The average Bonchev–Trinajstić information content (AvgIpc) is 3.00. The van der Waals surface area contributed by atoms with Crippen molar-refractivity contribution < 1.29 is 14.6 Å². The molecule has 6 aliphatic rings. The largest absolute Gasteiger partial charge is 0.395 e. The Bertz CT molecular complexity index is 922. The van der Waals surface area contributed by atoms with Gasteiger partial charge in [-0.2, -0.15) is 0 Å². The smallest absolute Gasteiger partial charge is 0.141 e. The molecule has 5 fully saturated rings. The van der Waals surface area contributed by atoms with E-state index in [1.807, 2.05) is 0 Å². The zero-order chi connectivity index (χ0) is 23.7. The maximum Gasteiger partial charge on any atom is 0.141 e. The third-order valence-corrected chi connectivity index (χ3v) is 13.5. The lowest BCUT2D eigenvalue weighted by atomic mass is 9.32. The lowest BCUT2D eigenvalue weighted by Crippen LogP contribution is -2.70. The van der Waals surface area contributed by atoms with Crippen LogP contribution in [0.2, 0.25) is 0 Å². The quantitative estimate of drug-likeness (QED) is 0.470. The van der Waals surface area contributed by atoms with Crippen LogP contribution in [0, 0.1) is 50.2 Å². The number of carbonyl (C=O) groups excluding carboxylic acids is 1. The molecule has 5 aliphatic carbocycles. The summed E-state index contributed by atoms with van der Waals surface area (Å²) < 4.78 is 7.08. The first-order valence-corrected chi connectivity index (χ1v) is 13.8. The zero-order valence-corrected chi connectivity index (χ0v) is 21.9. The molecule has 184 valence electrons. The van der Waals surface area contributed by atoms with Crippen LogP contribution in [0.15, 0.2) is 12.2 Å². The number of ether oxygens (including phenoxy) is 1. The molecule has 2 bridgehead atoms. The monoisotopic (exact) mass is 454 g/mol.